The Hall–Kier alpha value is -1.59. The second-order valence-electron chi connectivity index (χ2n) is 6.50. The lowest BCUT2D eigenvalue weighted by molar-refractivity contribution is 0.116. The molecular weight excluding hydrogens is 280 g/mol. The molecule has 5 nitrogen and oxygen atoms in total. The summed E-state index contributed by atoms with van der Waals surface area (Å²) in [6.07, 6.45) is 9.59. The van der Waals surface area contributed by atoms with Crippen LogP contribution in [0, 0.1) is 0 Å². The number of hydrogen-bond donors (Lipinski definition) is 2. The number of nitrogens with zero attached hydrogens (tertiary/aromatic N) is 1. The zero-order chi connectivity index (χ0) is 15.1. The Balaban J connectivity index is 1.79. The topological polar surface area (TPSA) is 61.8 Å². The van der Waals surface area contributed by atoms with Gasteiger partial charge in [-0.15, -0.1) is 0 Å². The molecular formula is C17H22N2O3. The Kier molecular flexibility index (Phi) is 3.54. The summed E-state index contributed by atoms with van der Waals surface area (Å²) in [6.45, 7) is 1.97. The van der Waals surface area contributed by atoms with Gasteiger partial charge in [0, 0.05) is 12.6 Å². The number of nitrogens with one attached hydrogen (secondary N) is 1. The maximum Gasteiger partial charge on any atom is 0.407 e. The number of rotatable bonds is 1. The van der Waals surface area contributed by atoms with Gasteiger partial charge in [-0.05, 0) is 42.4 Å². The van der Waals surface area contributed by atoms with Crippen LogP contribution in [0.5, 0.6) is 0 Å². The van der Waals surface area contributed by atoms with Crippen molar-refractivity contribution in [1.82, 2.24) is 10.2 Å². The van der Waals surface area contributed by atoms with E-state index in [1.807, 2.05) is 0 Å². The molecule has 4 rings (SSSR count). The summed E-state index contributed by atoms with van der Waals surface area (Å²) < 4.78 is 5.68. The molecule has 0 aromatic rings. The van der Waals surface area contributed by atoms with Gasteiger partial charge >= 0.3 is 6.09 Å². The molecule has 0 bridgehead atoms. The highest BCUT2D eigenvalue weighted by Gasteiger charge is 2.41. The second-order valence-corrected chi connectivity index (χ2v) is 6.50. The maximum atomic E-state index is 11.7. The zero-order valence-corrected chi connectivity index (χ0v) is 12.6. The first kappa shape index (κ1) is 14.0. The van der Waals surface area contributed by atoms with Gasteiger partial charge in [-0.2, -0.15) is 0 Å². The molecule has 0 aromatic heterocycles. The van der Waals surface area contributed by atoms with Crippen LogP contribution in [0.25, 0.3) is 0 Å². The first-order valence-electron chi connectivity index (χ1n) is 8.19. The van der Waals surface area contributed by atoms with E-state index in [1.165, 1.54) is 16.7 Å². The highest BCUT2D eigenvalue weighted by Crippen LogP contribution is 2.39. The maximum absolute atomic E-state index is 11.7. The van der Waals surface area contributed by atoms with Gasteiger partial charge in [-0.1, -0.05) is 18.2 Å². The van der Waals surface area contributed by atoms with E-state index >= 15 is 0 Å². The van der Waals surface area contributed by atoms with E-state index in [0.29, 0.717) is 25.8 Å². The molecule has 0 radical (unpaired) electrons. The van der Waals surface area contributed by atoms with Crippen LogP contribution in [0.3, 0.4) is 0 Å². The average Bonchev–Trinajstić information content (AvgIpc) is 3.00. The third-order valence-electron chi connectivity index (χ3n) is 5.26. The Labute approximate surface area is 130 Å². The number of piperidine rings is 1. The highest BCUT2D eigenvalue weighted by molar-refractivity contribution is 5.67. The van der Waals surface area contributed by atoms with Crippen molar-refractivity contribution in [3.63, 3.8) is 0 Å². The molecule has 3 atom stereocenters. The number of likely N-dealkylation sites (tertiary alicyclic amines) is 1. The smallest absolute Gasteiger partial charge is 0.407 e. The van der Waals surface area contributed by atoms with Crippen LogP contribution in [0.15, 0.2) is 34.9 Å². The average molecular weight is 302 g/mol. The number of carboxylic acid groups (broad SMARTS) is 1. The lowest BCUT2D eigenvalue weighted by atomic mass is 9.78. The van der Waals surface area contributed by atoms with Gasteiger partial charge in [0.05, 0.1) is 25.3 Å². The normalized spacial score (nSPS) is 34.3. The van der Waals surface area contributed by atoms with E-state index in [2.05, 4.69) is 23.5 Å². The number of amides is 1. The van der Waals surface area contributed by atoms with Gasteiger partial charge in [0.2, 0.25) is 0 Å². The van der Waals surface area contributed by atoms with Gasteiger partial charge in [0.1, 0.15) is 0 Å². The monoisotopic (exact) mass is 302 g/mol. The van der Waals surface area contributed by atoms with E-state index < -0.39 is 6.09 Å². The van der Waals surface area contributed by atoms with Gasteiger partial charge in [-0.3, -0.25) is 0 Å². The Morgan fingerprint density at radius 3 is 3.14 bits per heavy atom. The molecule has 3 heterocycles. The molecule has 1 amide bonds. The van der Waals surface area contributed by atoms with E-state index in [0.717, 1.165) is 25.7 Å². The van der Waals surface area contributed by atoms with Crippen LogP contribution in [0.1, 0.15) is 25.7 Å². The fraction of sp³-hybridized carbons (Fsp3) is 0.588. The zero-order valence-electron chi connectivity index (χ0n) is 12.6. The summed E-state index contributed by atoms with van der Waals surface area (Å²) in [7, 11) is 0. The van der Waals surface area contributed by atoms with Crippen LogP contribution in [0.2, 0.25) is 0 Å². The molecule has 1 aliphatic carbocycles. The Morgan fingerprint density at radius 1 is 1.36 bits per heavy atom. The van der Waals surface area contributed by atoms with Crippen molar-refractivity contribution in [3.8, 4) is 0 Å². The van der Waals surface area contributed by atoms with E-state index in [-0.39, 0.29) is 12.1 Å². The molecule has 5 heteroatoms. The number of ether oxygens (including phenoxy) is 1. The lowest BCUT2D eigenvalue weighted by Gasteiger charge is -2.42. The van der Waals surface area contributed by atoms with Crippen molar-refractivity contribution >= 4 is 6.09 Å². The third-order valence-corrected chi connectivity index (χ3v) is 5.26. The van der Waals surface area contributed by atoms with Crippen molar-refractivity contribution in [1.29, 1.82) is 0 Å². The molecule has 0 saturated carbocycles. The van der Waals surface area contributed by atoms with E-state index in [1.54, 1.807) is 4.90 Å². The summed E-state index contributed by atoms with van der Waals surface area (Å²) in [5.74, 6) is 0. The van der Waals surface area contributed by atoms with E-state index in [4.69, 9.17) is 4.74 Å². The molecule has 2 saturated heterocycles. The van der Waals surface area contributed by atoms with Crippen LogP contribution in [-0.2, 0) is 4.74 Å². The first-order valence-corrected chi connectivity index (χ1v) is 8.19. The van der Waals surface area contributed by atoms with E-state index in [9.17, 15) is 9.90 Å². The minimum Gasteiger partial charge on any atom is -0.465 e. The van der Waals surface area contributed by atoms with Gasteiger partial charge < -0.3 is 20.1 Å². The van der Waals surface area contributed by atoms with Gasteiger partial charge in [0.15, 0.2) is 0 Å². The summed E-state index contributed by atoms with van der Waals surface area (Å²) in [5, 5.41) is 13.3. The van der Waals surface area contributed by atoms with Crippen LogP contribution in [0.4, 0.5) is 4.79 Å². The van der Waals surface area contributed by atoms with Crippen LogP contribution < -0.4 is 5.32 Å². The van der Waals surface area contributed by atoms with Crippen molar-refractivity contribution in [2.75, 3.05) is 19.8 Å². The standard InChI is InChI=1S/C17H22N2O3/c20-17(21)19-8-4-3-7-15(19)16-11-5-1-2-6-13(11)18-14-10-22-9-12(14)16/h1-2,5,13-15,18H,3-4,6-10H2,(H,20,21). The molecule has 22 heavy (non-hydrogen) atoms. The number of carbonyl (C=O) groups is 1. The van der Waals surface area contributed by atoms with Crippen LogP contribution >= 0.6 is 0 Å². The minimum atomic E-state index is -0.796. The minimum absolute atomic E-state index is 0.00667. The lowest BCUT2D eigenvalue weighted by Crippen LogP contribution is -2.51. The predicted octanol–water partition coefficient (Wildman–Crippen LogP) is 2.07. The fourth-order valence-electron chi connectivity index (χ4n) is 4.26. The molecule has 2 fully saturated rings. The molecule has 4 aliphatic rings. The predicted molar refractivity (Wildman–Crippen MR) is 82.8 cm³/mol. The third kappa shape index (κ3) is 2.20. The number of hydrogen-bond acceptors (Lipinski definition) is 3. The van der Waals surface area contributed by atoms with Crippen molar-refractivity contribution in [2.24, 2.45) is 0 Å². The molecule has 118 valence electrons. The molecule has 3 unspecified atom stereocenters. The molecule has 3 aliphatic heterocycles. The summed E-state index contributed by atoms with van der Waals surface area (Å²) in [6, 6.07) is 0.544. The van der Waals surface area contributed by atoms with Crippen molar-refractivity contribution in [3.05, 3.63) is 34.9 Å². The highest BCUT2D eigenvalue weighted by atomic mass is 16.5. The largest absolute Gasteiger partial charge is 0.465 e. The quantitative estimate of drug-likeness (QED) is 0.778. The number of allylic oxidation sites excluding steroid dienone is 2. The van der Waals surface area contributed by atoms with Crippen molar-refractivity contribution < 1.29 is 14.6 Å². The Bertz CT molecular complexity index is 578. The summed E-state index contributed by atoms with van der Waals surface area (Å²) >= 11 is 0. The van der Waals surface area contributed by atoms with Crippen molar-refractivity contribution in [2.45, 2.75) is 43.8 Å². The first-order chi connectivity index (χ1) is 10.8. The van der Waals surface area contributed by atoms with Gasteiger partial charge in [-0.25, -0.2) is 4.79 Å². The molecule has 2 N–H and O–H groups in total. The fourth-order valence-corrected chi connectivity index (χ4v) is 4.26. The van der Waals surface area contributed by atoms with Gasteiger partial charge in [0.25, 0.3) is 0 Å². The summed E-state index contributed by atoms with van der Waals surface area (Å²) in [5.41, 5.74) is 3.80. The Morgan fingerprint density at radius 2 is 2.27 bits per heavy atom. The number of fused-ring (bicyclic) bond motifs is 2. The SMILES string of the molecule is O=C(O)N1CCCCC1C1=C2COCC2NC2CC=CC=C12. The summed E-state index contributed by atoms with van der Waals surface area (Å²) in [4.78, 5) is 13.3. The molecule has 0 aromatic carbocycles. The second kappa shape index (κ2) is 5.56. The van der Waals surface area contributed by atoms with Crippen LogP contribution in [-0.4, -0.2) is 54.0 Å². The molecule has 0 spiro atoms.